The van der Waals surface area contributed by atoms with Gasteiger partial charge in [0, 0.05) is 29.3 Å². The number of benzene rings is 1. The SMILES string of the molecule is CCOC(=O)[C@]1(C)CCC[C@@]2(C)[C@@H]3CC[C@@]4(C)C[C@]3(CC[C@@H]21)[C@H](CO)[C@H]4NC(=S)Nc1ccc(Cl)cc1. The summed E-state index contributed by atoms with van der Waals surface area (Å²) < 4.78 is 5.63. The lowest BCUT2D eigenvalue weighted by Gasteiger charge is -2.65. The highest BCUT2D eigenvalue weighted by Gasteiger charge is 2.71. The van der Waals surface area contributed by atoms with Crippen molar-refractivity contribution in [3.05, 3.63) is 29.3 Å². The molecule has 0 unspecified atom stereocenters. The molecule has 1 aromatic rings. The van der Waals surface area contributed by atoms with Crippen LogP contribution in [0.15, 0.2) is 24.3 Å². The molecule has 204 valence electrons. The summed E-state index contributed by atoms with van der Waals surface area (Å²) in [5.41, 5.74) is 0.688. The zero-order chi connectivity index (χ0) is 26.6. The van der Waals surface area contributed by atoms with Crippen LogP contribution in [0.1, 0.15) is 79.1 Å². The molecular weight excluding hydrogens is 504 g/mol. The largest absolute Gasteiger partial charge is 0.466 e. The summed E-state index contributed by atoms with van der Waals surface area (Å²) in [5.74, 6) is 0.934. The van der Waals surface area contributed by atoms with E-state index in [9.17, 15) is 9.90 Å². The summed E-state index contributed by atoms with van der Waals surface area (Å²) in [7, 11) is 0. The molecule has 2 bridgehead atoms. The number of esters is 1. The second-order valence-corrected chi connectivity index (χ2v) is 14.0. The molecule has 0 radical (unpaired) electrons. The third-order valence-corrected chi connectivity index (χ3v) is 11.8. The minimum atomic E-state index is -0.416. The molecule has 4 aliphatic carbocycles. The number of fused-ring (bicyclic) bond motifs is 3. The Morgan fingerprint density at radius 2 is 1.81 bits per heavy atom. The fraction of sp³-hybridized carbons (Fsp3) is 0.733. The van der Waals surface area contributed by atoms with Crippen LogP contribution >= 0.6 is 23.8 Å². The van der Waals surface area contributed by atoms with Gasteiger partial charge in [0.15, 0.2) is 5.11 Å². The van der Waals surface area contributed by atoms with Crippen molar-refractivity contribution in [1.82, 2.24) is 5.32 Å². The third kappa shape index (κ3) is 4.21. The van der Waals surface area contributed by atoms with Gasteiger partial charge in [-0.25, -0.2) is 0 Å². The summed E-state index contributed by atoms with van der Waals surface area (Å²) in [6, 6.07) is 7.66. The average Bonchev–Trinajstić information content (AvgIpc) is 3.01. The Labute approximate surface area is 232 Å². The van der Waals surface area contributed by atoms with E-state index in [-0.39, 0.29) is 40.8 Å². The smallest absolute Gasteiger partial charge is 0.312 e. The van der Waals surface area contributed by atoms with Crippen LogP contribution in [-0.4, -0.2) is 35.4 Å². The van der Waals surface area contributed by atoms with E-state index in [1.165, 1.54) is 0 Å². The number of carbonyl (C=O) groups excluding carboxylic acids is 1. The molecule has 5 nitrogen and oxygen atoms in total. The molecular formula is C30H43ClN2O3S. The van der Waals surface area contributed by atoms with Crippen molar-refractivity contribution >= 4 is 40.6 Å². The van der Waals surface area contributed by atoms with E-state index in [2.05, 4.69) is 31.4 Å². The number of halogens is 1. The first kappa shape index (κ1) is 27.2. The van der Waals surface area contributed by atoms with Crippen LogP contribution in [0.2, 0.25) is 5.02 Å². The van der Waals surface area contributed by atoms with E-state index < -0.39 is 5.41 Å². The first-order chi connectivity index (χ1) is 17.5. The number of rotatable bonds is 5. The number of thiocarbonyl (C=S) groups is 1. The van der Waals surface area contributed by atoms with Gasteiger partial charge in [-0.05, 0) is 123 Å². The maximum atomic E-state index is 13.2. The highest BCUT2D eigenvalue weighted by atomic mass is 35.5. The number of ether oxygens (including phenoxy) is 1. The molecule has 5 rings (SSSR count). The maximum Gasteiger partial charge on any atom is 0.312 e. The van der Waals surface area contributed by atoms with Gasteiger partial charge in [-0.15, -0.1) is 0 Å². The van der Waals surface area contributed by atoms with E-state index in [0.717, 1.165) is 57.1 Å². The van der Waals surface area contributed by atoms with Gasteiger partial charge in [-0.3, -0.25) is 4.79 Å². The molecule has 3 N–H and O–H groups in total. The van der Waals surface area contributed by atoms with Gasteiger partial charge in [-0.1, -0.05) is 31.9 Å². The predicted molar refractivity (Wildman–Crippen MR) is 152 cm³/mol. The van der Waals surface area contributed by atoms with E-state index >= 15 is 0 Å². The molecule has 8 atom stereocenters. The van der Waals surface area contributed by atoms with Crippen LogP contribution in [0.4, 0.5) is 5.69 Å². The van der Waals surface area contributed by atoms with Crippen molar-refractivity contribution in [2.75, 3.05) is 18.5 Å². The summed E-state index contributed by atoms with van der Waals surface area (Å²) in [4.78, 5) is 13.2. The molecule has 7 heteroatoms. The number of aliphatic hydroxyl groups excluding tert-OH is 1. The minimum absolute atomic E-state index is 0.00850. The second kappa shape index (κ2) is 9.67. The molecule has 1 spiro atoms. The van der Waals surface area contributed by atoms with Gasteiger partial charge >= 0.3 is 5.97 Å². The number of aliphatic hydroxyl groups is 1. The third-order valence-electron chi connectivity index (χ3n) is 11.3. The van der Waals surface area contributed by atoms with E-state index in [1.807, 2.05) is 31.2 Å². The Kier molecular flexibility index (Phi) is 7.11. The highest BCUT2D eigenvalue weighted by molar-refractivity contribution is 7.80. The summed E-state index contributed by atoms with van der Waals surface area (Å²) in [6.45, 7) is 9.52. The fourth-order valence-electron chi connectivity index (χ4n) is 9.97. The van der Waals surface area contributed by atoms with Crippen LogP contribution < -0.4 is 10.6 Å². The Morgan fingerprint density at radius 1 is 1.11 bits per heavy atom. The summed E-state index contributed by atoms with van der Waals surface area (Å²) in [6.07, 6.45) is 8.58. The zero-order valence-electron chi connectivity index (χ0n) is 22.7. The first-order valence-corrected chi connectivity index (χ1v) is 14.9. The predicted octanol–water partition coefficient (Wildman–Crippen LogP) is 6.58. The number of hydrogen-bond donors (Lipinski definition) is 3. The van der Waals surface area contributed by atoms with Gasteiger partial charge in [0.25, 0.3) is 0 Å². The van der Waals surface area contributed by atoms with Crippen molar-refractivity contribution in [2.24, 2.45) is 39.4 Å². The van der Waals surface area contributed by atoms with Crippen molar-refractivity contribution in [3.8, 4) is 0 Å². The van der Waals surface area contributed by atoms with Crippen molar-refractivity contribution in [3.63, 3.8) is 0 Å². The van der Waals surface area contributed by atoms with E-state index in [1.54, 1.807) is 0 Å². The Hall–Kier alpha value is -1.37. The van der Waals surface area contributed by atoms with Crippen molar-refractivity contribution < 1.29 is 14.6 Å². The first-order valence-electron chi connectivity index (χ1n) is 14.1. The van der Waals surface area contributed by atoms with Gasteiger partial charge in [-0.2, -0.15) is 0 Å². The molecule has 0 saturated heterocycles. The molecule has 4 saturated carbocycles. The van der Waals surface area contributed by atoms with Crippen LogP contribution in [0.5, 0.6) is 0 Å². The molecule has 0 amide bonds. The lowest BCUT2D eigenvalue weighted by Crippen LogP contribution is -2.60. The van der Waals surface area contributed by atoms with Crippen LogP contribution in [-0.2, 0) is 9.53 Å². The average molecular weight is 547 g/mol. The molecule has 4 aliphatic rings. The van der Waals surface area contributed by atoms with Crippen LogP contribution in [0.25, 0.3) is 0 Å². The second-order valence-electron chi connectivity index (χ2n) is 13.1. The number of anilines is 1. The standard InChI is InChI=1S/C30H43ClN2O3S/c1-5-36-25(35)29(4)14-6-13-28(3)22(29)12-16-30-18-27(2,15-11-23(28)30)24(21(30)17-34)33-26(37)32-20-9-7-19(31)8-10-20/h7-10,21-24,34H,5-6,11-18H2,1-4H3,(H2,32,33,37)/t21-,22+,23+,24-,27+,28-,29-,30-/m1/s1. The van der Waals surface area contributed by atoms with Gasteiger partial charge < -0.3 is 20.5 Å². The molecule has 0 aliphatic heterocycles. The summed E-state index contributed by atoms with van der Waals surface area (Å²) >= 11 is 11.8. The van der Waals surface area contributed by atoms with Crippen molar-refractivity contribution in [2.45, 2.75) is 85.1 Å². The topological polar surface area (TPSA) is 70.6 Å². The van der Waals surface area contributed by atoms with E-state index in [0.29, 0.717) is 28.6 Å². The van der Waals surface area contributed by atoms with Crippen LogP contribution in [0, 0.1) is 39.4 Å². The lowest BCUT2D eigenvalue weighted by atomic mass is 9.39. The number of nitrogens with one attached hydrogen (secondary N) is 2. The molecule has 4 fully saturated rings. The lowest BCUT2D eigenvalue weighted by molar-refractivity contribution is -0.193. The molecule has 0 heterocycles. The Balaban J connectivity index is 1.42. The number of hydrogen-bond acceptors (Lipinski definition) is 4. The van der Waals surface area contributed by atoms with Crippen molar-refractivity contribution in [1.29, 1.82) is 0 Å². The monoisotopic (exact) mass is 546 g/mol. The minimum Gasteiger partial charge on any atom is -0.466 e. The molecule has 0 aromatic heterocycles. The van der Waals surface area contributed by atoms with Gasteiger partial charge in [0.1, 0.15) is 0 Å². The molecule has 1 aromatic carbocycles. The fourth-order valence-corrected chi connectivity index (χ4v) is 10.3. The highest BCUT2D eigenvalue weighted by Crippen LogP contribution is 2.75. The summed E-state index contributed by atoms with van der Waals surface area (Å²) in [5, 5.41) is 19.2. The normalized spacial score (nSPS) is 42.3. The maximum absolute atomic E-state index is 13.2. The van der Waals surface area contributed by atoms with Gasteiger partial charge in [0.05, 0.1) is 12.0 Å². The van der Waals surface area contributed by atoms with Crippen LogP contribution in [0.3, 0.4) is 0 Å². The quantitative estimate of drug-likeness (QED) is 0.286. The van der Waals surface area contributed by atoms with E-state index in [4.69, 9.17) is 28.6 Å². The number of carbonyl (C=O) groups is 1. The van der Waals surface area contributed by atoms with Gasteiger partial charge in [0.2, 0.25) is 0 Å². The molecule has 37 heavy (non-hydrogen) atoms. The zero-order valence-corrected chi connectivity index (χ0v) is 24.3. The Morgan fingerprint density at radius 3 is 2.49 bits per heavy atom. The Bertz CT molecular complexity index is 1050.